The van der Waals surface area contributed by atoms with E-state index in [0.29, 0.717) is 135 Å². The molecule has 3 aliphatic rings. The van der Waals surface area contributed by atoms with Crippen molar-refractivity contribution in [1.29, 1.82) is 0 Å². The van der Waals surface area contributed by atoms with Crippen LogP contribution in [-0.4, -0.2) is 135 Å². The first-order valence-electron chi connectivity index (χ1n) is 36.1. The van der Waals surface area contributed by atoms with E-state index in [1.54, 1.807) is 146 Å². The van der Waals surface area contributed by atoms with Gasteiger partial charge in [-0.1, -0.05) is 126 Å². The molecule has 0 aliphatic carbocycles. The third-order valence-corrected chi connectivity index (χ3v) is 22.5. The fourth-order valence-corrected chi connectivity index (χ4v) is 15.8. The lowest BCUT2D eigenvalue weighted by molar-refractivity contribution is 0.0505. The molecule has 18 rings (SSSR count). The van der Waals surface area contributed by atoms with E-state index in [9.17, 15) is 62.4 Å². The number of aliphatic hydroxyl groups excluding tert-OH is 1. The Hall–Kier alpha value is -12.3. The Morgan fingerprint density at radius 2 is 0.722 bits per heavy atom. The lowest BCUT2D eigenvalue weighted by Crippen LogP contribution is -2.47. The van der Waals surface area contributed by atoms with Crippen molar-refractivity contribution in [2.75, 3.05) is 72.8 Å². The molecule has 0 saturated carbocycles. The number of rotatable bonds is 20. The minimum absolute atomic E-state index is 0.0491. The van der Waals surface area contributed by atoms with Gasteiger partial charge < -0.3 is 62.3 Å². The third kappa shape index (κ3) is 16.1. The average Bonchev–Trinajstić information content (AvgIpc) is 1.72. The van der Waals surface area contributed by atoms with Gasteiger partial charge in [0.1, 0.15) is 104 Å². The van der Waals surface area contributed by atoms with Gasteiger partial charge in [-0.2, -0.15) is 0 Å². The van der Waals surface area contributed by atoms with Gasteiger partial charge in [0, 0.05) is 98.8 Å². The Kier molecular flexibility index (Phi) is 22.0. The van der Waals surface area contributed by atoms with Crippen LogP contribution in [0.3, 0.4) is 0 Å². The number of piperazine rings is 1. The number of hydrogen-bond donors (Lipinski definition) is 4. The van der Waals surface area contributed by atoms with Crippen LogP contribution in [0.25, 0.3) is 82.7 Å². The van der Waals surface area contributed by atoms with Crippen LogP contribution in [0.2, 0.25) is 0 Å². The van der Waals surface area contributed by atoms with Gasteiger partial charge in [0.25, 0.3) is 16.7 Å². The Morgan fingerprint density at radius 3 is 1.03 bits per heavy atom. The zero-order valence-electron chi connectivity index (χ0n) is 60.7. The highest BCUT2D eigenvalue weighted by molar-refractivity contribution is 8.00. The fourth-order valence-electron chi connectivity index (χ4n) is 13.2. The molecule has 0 radical (unpaired) electrons. The molecule has 9 heterocycles. The van der Waals surface area contributed by atoms with E-state index in [2.05, 4.69) is 16.8 Å². The Bertz CT molecular complexity index is 6400. The molecule has 0 unspecified atom stereocenters. The second-order valence-electron chi connectivity index (χ2n) is 27.0. The number of hydrogen-bond acceptors (Lipinski definition) is 23. The number of halogens is 3. The Morgan fingerprint density at radius 1 is 0.417 bits per heavy atom. The largest absolute Gasteiger partial charge is 0.505 e. The molecule has 0 bridgehead atoms. The van der Waals surface area contributed by atoms with E-state index in [0.717, 1.165) is 26.2 Å². The van der Waals surface area contributed by atoms with Gasteiger partial charge >= 0.3 is 16.9 Å². The normalized spacial score (nSPS) is 15.0. The number of fused-ring (bicyclic) bond motifs is 9. The minimum Gasteiger partial charge on any atom is -0.505 e. The maximum absolute atomic E-state index is 14.4. The molecule has 0 amide bonds. The van der Waals surface area contributed by atoms with E-state index in [1.165, 1.54) is 68.3 Å². The number of β-amino-alcohol motifs (C(OH)–C–C–N with tert-alkyl or cyclic N) is 1. The summed E-state index contributed by atoms with van der Waals surface area (Å²) in [6.45, 7) is 6.21. The molecule has 3 atom stereocenters. The SMILES string of the molecule is CN1CCN(C[C@H](O)COc2ccc3c4oc(=O)c(Sc5ccccc5F)c(O)c4c(=O)n(-c4ccccc4)c3c2)CC1.O=c1oc2c(c(O)c1Sc1ccccc1F)c(=O)n(-c1ccccc1)c1cc(OC[C@@H]3CO3)ccc21.O=c1oc2c(c(O)c1Sc1ccccc1F)c(=O)n(-c1ccccc1)c1cc(OC[C@H]3CO3)ccc21. The first kappa shape index (κ1) is 76.7. The van der Waals surface area contributed by atoms with E-state index in [4.69, 9.17) is 36.9 Å². The highest BCUT2D eigenvalue weighted by Gasteiger charge is 2.31. The zero-order valence-corrected chi connectivity index (χ0v) is 63.1. The summed E-state index contributed by atoms with van der Waals surface area (Å²) in [5, 5.41) is 44.9. The fraction of sp³-hybridized carbons (Fsp3) is 0.163. The van der Waals surface area contributed by atoms with Crippen molar-refractivity contribution in [3.05, 3.63) is 298 Å². The number of pyridine rings is 3. The topological polar surface area (TPSA) is 297 Å². The maximum atomic E-state index is 14.4. The molecular weight excluding hydrogens is 1540 g/mol. The molecule has 23 nitrogen and oxygen atoms in total. The molecule has 15 aromatic rings. The Balaban J connectivity index is 0.000000130. The Labute approximate surface area is 661 Å². The van der Waals surface area contributed by atoms with E-state index in [-0.39, 0.29) is 81.1 Å². The van der Waals surface area contributed by atoms with Crippen molar-refractivity contribution in [2.45, 2.75) is 47.7 Å². The summed E-state index contributed by atoms with van der Waals surface area (Å²) in [5.74, 6) is -1.96. The van der Waals surface area contributed by atoms with Gasteiger partial charge in [0.2, 0.25) is 0 Å². The molecular formula is C86H66F3N5O18S3. The van der Waals surface area contributed by atoms with E-state index < -0.39 is 74.4 Å². The molecule has 115 heavy (non-hydrogen) atoms. The summed E-state index contributed by atoms with van der Waals surface area (Å²) in [6.07, 6.45) is -0.615. The summed E-state index contributed by atoms with van der Waals surface area (Å²) >= 11 is 2.10. The van der Waals surface area contributed by atoms with Crippen molar-refractivity contribution < 1.29 is 70.5 Å². The monoisotopic (exact) mass is 1610 g/mol. The number of ether oxygens (including phenoxy) is 5. The molecule has 6 aromatic heterocycles. The van der Waals surface area contributed by atoms with Crippen LogP contribution in [0.15, 0.2) is 290 Å². The molecule has 3 saturated heterocycles. The number of nitrogens with zero attached hydrogens (tertiary/aromatic N) is 5. The predicted octanol–water partition coefficient (Wildman–Crippen LogP) is 13.8. The van der Waals surface area contributed by atoms with Gasteiger partial charge in [-0.05, 0) is 116 Å². The second kappa shape index (κ2) is 33.0. The number of epoxide rings is 2. The highest BCUT2D eigenvalue weighted by atomic mass is 32.2. The van der Waals surface area contributed by atoms with Crippen molar-refractivity contribution in [1.82, 2.24) is 23.5 Å². The average molecular weight is 1610 g/mol. The number of benzene rings is 9. The number of likely N-dealkylation sites (N-methyl/N-ethyl adjacent to an activating group) is 1. The quantitative estimate of drug-likeness (QED) is 0.0407. The van der Waals surface area contributed by atoms with Gasteiger partial charge in [-0.15, -0.1) is 0 Å². The maximum Gasteiger partial charge on any atom is 0.354 e. The molecule has 0 spiro atoms. The van der Waals surface area contributed by atoms with Crippen molar-refractivity contribution in [3.63, 3.8) is 0 Å². The molecule has 4 N–H and O–H groups in total. The first-order valence-corrected chi connectivity index (χ1v) is 38.6. The lowest BCUT2D eigenvalue weighted by atomic mass is 10.1. The number of aliphatic hydroxyl groups is 1. The van der Waals surface area contributed by atoms with Crippen LogP contribution in [-0.2, 0) is 9.47 Å². The molecule has 9 aromatic carbocycles. The highest BCUT2D eigenvalue weighted by Crippen LogP contribution is 2.43. The van der Waals surface area contributed by atoms with Crippen molar-refractivity contribution >= 4 is 101 Å². The van der Waals surface area contributed by atoms with Gasteiger partial charge in [0.15, 0.2) is 34.0 Å². The van der Waals surface area contributed by atoms with Crippen LogP contribution in [0.1, 0.15) is 0 Å². The summed E-state index contributed by atoms with van der Waals surface area (Å²) < 4.78 is 91.9. The zero-order chi connectivity index (χ0) is 79.7. The molecule has 582 valence electrons. The van der Waals surface area contributed by atoms with Crippen molar-refractivity contribution in [2.24, 2.45) is 0 Å². The lowest BCUT2D eigenvalue weighted by Gasteiger charge is -2.33. The summed E-state index contributed by atoms with van der Waals surface area (Å²) in [4.78, 5) is 84.5. The summed E-state index contributed by atoms with van der Waals surface area (Å²) in [5.41, 5.74) is -1.81. The summed E-state index contributed by atoms with van der Waals surface area (Å²) in [7, 11) is 2.07. The van der Waals surface area contributed by atoms with Crippen LogP contribution in [0, 0.1) is 17.5 Å². The number of aromatic nitrogens is 3. The van der Waals surface area contributed by atoms with Gasteiger partial charge in [-0.3, -0.25) is 33.0 Å². The third-order valence-electron chi connectivity index (χ3n) is 19.2. The minimum atomic E-state index is -0.899. The van der Waals surface area contributed by atoms with Crippen LogP contribution in [0.4, 0.5) is 13.2 Å². The number of para-hydroxylation sites is 3. The van der Waals surface area contributed by atoms with E-state index in [1.807, 2.05) is 18.2 Å². The van der Waals surface area contributed by atoms with Crippen molar-refractivity contribution in [3.8, 4) is 51.6 Å². The van der Waals surface area contributed by atoms with Crippen LogP contribution < -0.4 is 47.8 Å². The standard InChI is InChI=1S/C32H30FN3O6S.2C27H18FNO6S/c1-34-13-15-35(16-14-34)18-21(37)19-41-22-11-12-23-25(17-22)36(20-7-3-2-4-8-20)31(39)27-28(38)30(32(40)42-29(23)27)43-26-10-6-5-9-24(26)33;2*28-19-8-4-5-9-21(19)36-25-23(30)22-24(35-27(25)32)18-11-10-16(33-13-17-14-34-17)12-20(18)29(26(22)31)15-6-2-1-3-7-15/h2-12,17,21,37-38H,13-16,18-19H2,1H3;2*1-12,17,30H,13-14H2/t21-;2*17-/m010/s1. The second-order valence-corrected chi connectivity index (χ2v) is 30.1. The number of aromatic hydroxyl groups is 3. The van der Waals surface area contributed by atoms with Crippen LogP contribution in [0.5, 0.6) is 34.5 Å². The van der Waals surface area contributed by atoms with Crippen LogP contribution >= 0.6 is 35.3 Å². The van der Waals surface area contributed by atoms with E-state index >= 15 is 0 Å². The smallest absolute Gasteiger partial charge is 0.354 e. The van der Waals surface area contributed by atoms with Gasteiger partial charge in [0.05, 0.1) is 29.8 Å². The molecule has 29 heteroatoms. The predicted molar refractivity (Wildman–Crippen MR) is 429 cm³/mol. The molecule has 3 aliphatic heterocycles. The summed E-state index contributed by atoms with van der Waals surface area (Å²) in [6, 6.07) is 59.2. The van der Waals surface area contributed by atoms with Gasteiger partial charge in [-0.25, -0.2) is 27.6 Å². The molecule has 3 fully saturated rings. The first-order chi connectivity index (χ1) is 55.8.